The van der Waals surface area contributed by atoms with Gasteiger partial charge >= 0.3 is 0 Å². The van der Waals surface area contributed by atoms with E-state index in [2.05, 4.69) is 15.7 Å². The summed E-state index contributed by atoms with van der Waals surface area (Å²) in [5.74, 6) is -0.692. The number of nitrogens with zero attached hydrogens (tertiary/aromatic N) is 2. The van der Waals surface area contributed by atoms with Gasteiger partial charge in [-0.15, -0.1) is 11.3 Å². The minimum Gasteiger partial charge on any atom is -0.298 e. The summed E-state index contributed by atoms with van der Waals surface area (Å²) >= 11 is 1.35. The number of amides is 3. The molecule has 0 spiro atoms. The number of benzene rings is 2. The van der Waals surface area contributed by atoms with Crippen molar-refractivity contribution in [2.24, 2.45) is 0 Å². The fourth-order valence-electron chi connectivity index (χ4n) is 2.90. The first-order valence-electron chi connectivity index (χ1n) is 9.06. The second-order valence-electron chi connectivity index (χ2n) is 6.67. The molecule has 0 aliphatic carbocycles. The number of nitrogens with one attached hydrogen (secondary N) is 2. The van der Waals surface area contributed by atoms with Gasteiger partial charge in [0.15, 0.2) is 5.13 Å². The monoisotopic (exact) mass is 406 g/mol. The highest BCUT2D eigenvalue weighted by atomic mass is 32.1. The molecule has 7 nitrogen and oxygen atoms in total. The molecule has 0 unspecified atom stereocenters. The molecule has 1 saturated heterocycles. The quantitative estimate of drug-likeness (QED) is 0.693. The average Bonchev–Trinajstić information content (AvgIpc) is 3.19. The van der Waals surface area contributed by atoms with E-state index >= 15 is 0 Å². The van der Waals surface area contributed by atoms with E-state index < -0.39 is 0 Å². The predicted octanol–water partition coefficient (Wildman–Crippen LogP) is 3.53. The molecule has 0 bridgehead atoms. The van der Waals surface area contributed by atoms with Crippen molar-refractivity contribution in [3.63, 3.8) is 0 Å². The SMILES string of the molecule is Cc1ccc(-c2csc(NC(=O)c3ccc(N4NC(=O)CCC4=O)cc3)n2)cc1. The van der Waals surface area contributed by atoms with Gasteiger partial charge in [-0.25, -0.2) is 9.99 Å². The summed E-state index contributed by atoms with van der Waals surface area (Å²) in [6.45, 7) is 2.02. The number of carbonyl (C=O) groups excluding carboxylic acids is 3. The number of aryl methyl sites for hydroxylation is 1. The summed E-state index contributed by atoms with van der Waals surface area (Å²) in [5.41, 5.74) is 6.43. The molecular formula is C21H18N4O3S. The van der Waals surface area contributed by atoms with Crippen molar-refractivity contribution in [1.82, 2.24) is 10.4 Å². The number of hydrazine groups is 1. The lowest BCUT2D eigenvalue weighted by Crippen LogP contribution is -2.50. The fourth-order valence-corrected chi connectivity index (χ4v) is 3.62. The lowest BCUT2D eigenvalue weighted by atomic mass is 10.1. The van der Waals surface area contributed by atoms with Crippen molar-refractivity contribution in [3.8, 4) is 11.3 Å². The molecule has 146 valence electrons. The van der Waals surface area contributed by atoms with Crippen LogP contribution < -0.4 is 15.8 Å². The number of carbonyl (C=O) groups is 3. The van der Waals surface area contributed by atoms with Crippen LogP contribution in [0.25, 0.3) is 11.3 Å². The fraction of sp³-hybridized carbons (Fsp3) is 0.143. The standard InChI is InChI=1S/C21H18N4O3S/c1-13-2-4-14(5-3-13)17-12-29-21(22-17)23-20(28)15-6-8-16(9-7-15)25-19(27)11-10-18(26)24-25/h2-9,12H,10-11H2,1H3,(H,24,26)(H,22,23,28). The number of hydrogen-bond acceptors (Lipinski definition) is 5. The zero-order valence-corrected chi connectivity index (χ0v) is 16.5. The zero-order chi connectivity index (χ0) is 20.4. The van der Waals surface area contributed by atoms with Crippen LogP contribution in [0.4, 0.5) is 10.8 Å². The van der Waals surface area contributed by atoms with E-state index in [4.69, 9.17) is 0 Å². The summed E-state index contributed by atoms with van der Waals surface area (Å²) in [6, 6.07) is 14.5. The van der Waals surface area contributed by atoms with Gasteiger partial charge in [0.1, 0.15) is 0 Å². The largest absolute Gasteiger partial charge is 0.298 e. The van der Waals surface area contributed by atoms with E-state index in [1.54, 1.807) is 24.3 Å². The van der Waals surface area contributed by atoms with E-state index in [9.17, 15) is 14.4 Å². The predicted molar refractivity (Wildman–Crippen MR) is 112 cm³/mol. The number of aromatic nitrogens is 1. The second kappa shape index (κ2) is 7.84. The number of thiazole rings is 1. The first kappa shape index (κ1) is 18.8. The van der Waals surface area contributed by atoms with Gasteiger partial charge in [0.05, 0.1) is 11.4 Å². The third-order valence-electron chi connectivity index (χ3n) is 4.51. The van der Waals surface area contributed by atoms with Crippen molar-refractivity contribution in [2.75, 3.05) is 10.3 Å². The number of rotatable bonds is 4. The molecule has 1 aromatic heterocycles. The van der Waals surface area contributed by atoms with Crippen LogP contribution in [0.1, 0.15) is 28.8 Å². The Labute approximate surface area is 171 Å². The van der Waals surface area contributed by atoms with Gasteiger partial charge in [-0.2, -0.15) is 0 Å². The van der Waals surface area contributed by atoms with Gasteiger partial charge in [0, 0.05) is 29.3 Å². The summed E-state index contributed by atoms with van der Waals surface area (Å²) in [7, 11) is 0. The normalized spacial score (nSPS) is 13.9. The van der Waals surface area contributed by atoms with Crippen molar-refractivity contribution in [3.05, 3.63) is 65.0 Å². The highest BCUT2D eigenvalue weighted by Crippen LogP contribution is 2.26. The van der Waals surface area contributed by atoms with Crippen molar-refractivity contribution >= 4 is 39.9 Å². The molecule has 2 heterocycles. The van der Waals surface area contributed by atoms with E-state index in [-0.39, 0.29) is 30.6 Å². The third kappa shape index (κ3) is 4.17. The Morgan fingerprint density at radius 2 is 1.79 bits per heavy atom. The molecule has 0 atom stereocenters. The summed E-state index contributed by atoms with van der Waals surface area (Å²) in [6.07, 6.45) is 0.357. The molecule has 1 aliphatic rings. The molecule has 3 aromatic rings. The van der Waals surface area contributed by atoms with Crippen LogP contribution in [0.15, 0.2) is 53.9 Å². The van der Waals surface area contributed by atoms with Gasteiger partial charge in [-0.1, -0.05) is 29.8 Å². The van der Waals surface area contributed by atoms with E-state index in [0.717, 1.165) is 11.3 Å². The summed E-state index contributed by atoms with van der Waals surface area (Å²) in [4.78, 5) is 40.5. The number of anilines is 2. The summed E-state index contributed by atoms with van der Waals surface area (Å²) < 4.78 is 0. The van der Waals surface area contributed by atoms with Gasteiger partial charge in [-0.3, -0.25) is 25.1 Å². The van der Waals surface area contributed by atoms with Gasteiger partial charge in [0.25, 0.3) is 5.91 Å². The molecule has 0 radical (unpaired) electrons. The van der Waals surface area contributed by atoms with Crippen LogP contribution in [0.3, 0.4) is 0 Å². The van der Waals surface area contributed by atoms with E-state index in [1.165, 1.54) is 21.9 Å². The molecule has 4 rings (SSSR count). The molecule has 1 fully saturated rings. The van der Waals surface area contributed by atoms with Gasteiger partial charge < -0.3 is 0 Å². The first-order valence-corrected chi connectivity index (χ1v) is 9.94. The lowest BCUT2D eigenvalue weighted by molar-refractivity contribution is -0.130. The zero-order valence-electron chi connectivity index (χ0n) is 15.6. The minimum atomic E-state index is -0.296. The smallest absolute Gasteiger partial charge is 0.257 e. The molecule has 1 aliphatic heterocycles. The Morgan fingerprint density at radius 1 is 1.07 bits per heavy atom. The number of hydrogen-bond donors (Lipinski definition) is 2. The third-order valence-corrected chi connectivity index (χ3v) is 5.27. The molecule has 2 N–H and O–H groups in total. The van der Waals surface area contributed by atoms with Crippen LogP contribution in [0.5, 0.6) is 0 Å². The van der Waals surface area contributed by atoms with E-state index in [1.807, 2.05) is 36.6 Å². The topological polar surface area (TPSA) is 91.4 Å². The van der Waals surface area contributed by atoms with Crippen LogP contribution in [0, 0.1) is 6.92 Å². The molecular weight excluding hydrogens is 388 g/mol. The molecule has 3 amide bonds. The minimum absolute atomic E-state index is 0.168. The first-order chi connectivity index (χ1) is 14.0. The highest BCUT2D eigenvalue weighted by molar-refractivity contribution is 7.14. The second-order valence-corrected chi connectivity index (χ2v) is 7.53. The van der Waals surface area contributed by atoms with Crippen LogP contribution in [0.2, 0.25) is 0 Å². The Hall–Kier alpha value is -3.52. The Morgan fingerprint density at radius 3 is 2.52 bits per heavy atom. The maximum atomic E-state index is 12.5. The van der Waals surface area contributed by atoms with Gasteiger partial charge in [-0.05, 0) is 31.2 Å². The summed E-state index contributed by atoms with van der Waals surface area (Å²) in [5, 5.41) is 6.41. The Balaban J connectivity index is 1.44. The van der Waals surface area contributed by atoms with Crippen molar-refractivity contribution in [2.45, 2.75) is 19.8 Å². The van der Waals surface area contributed by atoms with Crippen LogP contribution in [-0.4, -0.2) is 22.7 Å². The molecule has 8 heteroatoms. The maximum absolute atomic E-state index is 12.5. The highest BCUT2D eigenvalue weighted by Gasteiger charge is 2.24. The lowest BCUT2D eigenvalue weighted by Gasteiger charge is -2.27. The van der Waals surface area contributed by atoms with Crippen molar-refractivity contribution in [1.29, 1.82) is 0 Å². The maximum Gasteiger partial charge on any atom is 0.257 e. The van der Waals surface area contributed by atoms with Crippen LogP contribution in [-0.2, 0) is 9.59 Å². The van der Waals surface area contributed by atoms with Crippen molar-refractivity contribution < 1.29 is 14.4 Å². The Kier molecular flexibility index (Phi) is 5.09. The molecule has 0 saturated carbocycles. The molecule has 2 aromatic carbocycles. The van der Waals surface area contributed by atoms with E-state index in [0.29, 0.717) is 16.4 Å². The Bertz CT molecular complexity index is 1070. The molecule has 29 heavy (non-hydrogen) atoms. The average molecular weight is 406 g/mol. The van der Waals surface area contributed by atoms with Crippen LogP contribution >= 0.6 is 11.3 Å². The van der Waals surface area contributed by atoms with Gasteiger partial charge in [0.2, 0.25) is 11.8 Å².